The highest BCUT2D eigenvalue weighted by molar-refractivity contribution is 8.02. The number of nitriles is 2. The number of aromatic nitrogens is 1. The van der Waals surface area contributed by atoms with Gasteiger partial charge >= 0.3 is 0 Å². The molecule has 0 amide bonds. The zero-order valence-corrected chi connectivity index (χ0v) is 19.5. The Morgan fingerprint density at radius 3 is 2.71 bits per heavy atom. The van der Waals surface area contributed by atoms with Crippen LogP contribution in [-0.2, 0) is 6.42 Å². The van der Waals surface area contributed by atoms with Gasteiger partial charge in [-0.25, -0.2) is 4.98 Å². The number of benzene rings is 1. The number of hydrogen-bond donors (Lipinski definition) is 0. The lowest BCUT2D eigenvalue weighted by Crippen LogP contribution is -2.06. The van der Waals surface area contributed by atoms with Crippen molar-refractivity contribution in [3.63, 3.8) is 0 Å². The van der Waals surface area contributed by atoms with Crippen molar-refractivity contribution in [3.8, 4) is 22.6 Å². The molecule has 0 fully saturated rings. The van der Waals surface area contributed by atoms with E-state index in [2.05, 4.69) is 37.5 Å². The zero-order chi connectivity index (χ0) is 21.8. The third-order valence-corrected chi connectivity index (χ3v) is 8.30. The van der Waals surface area contributed by atoms with E-state index in [0.717, 1.165) is 33.5 Å². The van der Waals surface area contributed by atoms with Crippen molar-refractivity contribution in [3.05, 3.63) is 64.2 Å². The normalized spacial score (nSPS) is 17.7. The predicted molar refractivity (Wildman–Crippen MR) is 131 cm³/mol. The van der Waals surface area contributed by atoms with E-state index in [1.807, 2.05) is 36.2 Å². The molecule has 2 atom stereocenters. The van der Waals surface area contributed by atoms with Gasteiger partial charge in [0.05, 0.1) is 22.1 Å². The summed E-state index contributed by atoms with van der Waals surface area (Å²) in [5.41, 5.74) is 4.79. The monoisotopic (exact) mass is 443 g/mol. The van der Waals surface area contributed by atoms with Gasteiger partial charge in [-0.1, -0.05) is 51.3 Å². The first-order valence-corrected chi connectivity index (χ1v) is 12.6. The number of rotatable bonds is 7. The summed E-state index contributed by atoms with van der Waals surface area (Å²) in [6.45, 7) is 4.49. The lowest BCUT2D eigenvalue weighted by molar-refractivity contribution is 0.657. The van der Waals surface area contributed by atoms with Crippen LogP contribution < -0.4 is 0 Å². The summed E-state index contributed by atoms with van der Waals surface area (Å²) in [5, 5.41) is 23.0. The first-order chi connectivity index (χ1) is 15.2. The maximum Gasteiger partial charge on any atom is 0.125 e. The smallest absolute Gasteiger partial charge is 0.125 e. The Balaban J connectivity index is 1.89. The molecule has 0 N–H and O–H groups in total. The summed E-state index contributed by atoms with van der Waals surface area (Å²) < 4.78 is 0. The van der Waals surface area contributed by atoms with Crippen molar-refractivity contribution in [1.29, 1.82) is 10.5 Å². The molecule has 0 saturated carbocycles. The van der Waals surface area contributed by atoms with Gasteiger partial charge in [0.15, 0.2) is 0 Å². The van der Waals surface area contributed by atoms with Gasteiger partial charge in [0.2, 0.25) is 0 Å². The lowest BCUT2D eigenvalue weighted by atomic mass is 9.91. The first-order valence-electron chi connectivity index (χ1n) is 10.8. The molecule has 4 rings (SSSR count). The van der Waals surface area contributed by atoms with Gasteiger partial charge in [0.25, 0.3) is 0 Å². The van der Waals surface area contributed by atoms with Gasteiger partial charge < -0.3 is 0 Å². The van der Waals surface area contributed by atoms with Crippen LogP contribution in [0, 0.1) is 28.6 Å². The predicted octanol–water partition coefficient (Wildman–Crippen LogP) is 7.77. The molecule has 31 heavy (non-hydrogen) atoms. The maximum absolute atomic E-state index is 10.2. The molecular weight excluding hydrogens is 418 g/mol. The SMILES string of the molecule is CCCCCCc1cnc2sc(-c3cccc(C#N)c3)c(C#N)c2c1C1SC=CC1C. The van der Waals surface area contributed by atoms with Crippen molar-refractivity contribution in [1.82, 2.24) is 4.98 Å². The van der Waals surface area contributed by atoms with Crippen molar-refractivity contribution >= 4 is 33.3 Å². The van der Waals surface area contributed by atoms with Gasteiger partial charge in [-0.15, -0.1) is 23.1 Å². The van der Waals surface area contributed by atoms with E-state index in [4.69, 9.17) is 4.98 Å². The quantitative estimate of drug-likeness (QED) is 0.350. The molecular formula is C26H25N3S2. The average molecular weight is 444 g/mol. The van der Waals surface area contributed by atoms with Crippen LogP contribution in [0.2, 0.25) is 0 Å². The molecule has 2 aromatic heterocycles. The molecule has 1 aliphatic heterocycles. The van der Waals surface area contributed by atoms with E-state index in [1.54, 1.807) is 17.4 Å². The van der Waals surface area contributed by atoms with Gasteiger partial charge in [0.1, 0.15) is 10.9 Å². The molecule has 0 aliphatic carbocycles. The summed E-state index contributed by atoms with van der Waals surface area (Å²) in [5.74, 6) is 0.418. The number of fused-ring (bicyclic) bond motifs is 1. The van der Waals surface area contributed by atoms with Crippen LogP contribution in [0.1, 0.15) is 67.0 Å². The number of thioether (sulfide) groups is 1. The maximum atomic E-state index is 10.2. The Morgan fingerprint density at radius 1 is 1.13 bits per heavy atom. The van der Waals surface area contributed by atoms with E-state index in [0.29, 0.717) is 22.3 Å². The van der Waals surface area contributed by atoms with E-state index in [-0.39, 0.29) is 0 Å². The number of pyridine rings is 1. The fraction of sp³-hybridized carbons (Fsp3) is 0.346. The molecule has 0 saturated heterocycles. The van der Waals surface area contributed by atoms with Crippen LogP contribution in [0.15, 0.2) is 41.9 Å². The Morgan fingerprint density at radius 2 is 2.00 bits per heavy atom. The molecule has 0 radical (unpaired) electrons. The number of unbranched alkanes of at least 4 members (excludes halogenated alkanes) is 3. The number of thiophene rings is 1. The standard InChI is InChI=1S/C26H25N3S2/c1-3-4-5-6-9-20-16-29-26-23(22(20)24-17(2)11-12-30-24)21(15-28)25(31-26)19-10-7-8-18(13-19)14-27/h7-8,10-13,16-17,24H,3-6,9H2,1-2H3. The Hall–Kier alpha value is -2.60. The third kappa shape index (κ3) is 4.26. The van der Waals surface area contributed by atoms with Crippen LogP contribution in [0.25, 0.3) is 20.7 Å². The van der Waals surface area contributed by atoms with Crippen molar-refractivity contribution in [2.75, 3.05) is 0 Å². The van der Waals surface area contributed by atoms with Crippen LogP contribution >= 0.6 is 23.1 Å². The van der Waals surface area contributed by atoms with Crippen LogP contribution in [-0.4, -0.2) is 4.98 Å². The lowest BCUT2D eigenvalue weighted by Gasteiger charge is -2.20. The van der Waals surface area contributed by atoms with Crippen LogP contribution in [0.4, 0.5) is 0 Å². The molecule has 3 heterocycles. The highest BCUT2D eigenvalue weighted by Crippen LogP contribution is 2.49. The second-order valence-electron chi connectivity index (χ2n) is 8.04. The molecule has 1 aliphatic rings. The second kappa shape index (κ2) is 9.69. The third-order valence-electron chi connectivity index (χ3n) is 5.88. The molecule has 156 valence electrons. The average Bonchev–Trinajstić information content (AvgIpc) is 3.39. The number of hydrogen-bond acceptors (Lipinski definition) is 5. The molecule has 0 spiro atoms. The minimum Gasteiger partial charge on any atom is -0.245 e. The van der Waals surface area contributed by atoms with Crippen molar-refractivity contribution in [2.24, 2.45) is 5.92 Å². The van der Waals surface area contributed by atoms with Crippen LogP contribution in [0.3, 0.4) is 0 Å². The second-order valence-corrected chi connectivity index (χ2v) is 10.1. The highest BCUT2D eigenvalue weighted by Gasteiger charge is 2.29. The van der Waals surface area contributed by atoms with Gasteiger partial charge in [-0.05, 0) is 53.0 Å². The summed E-state index contributed by atoms with van der Waals surface area (Å²) in [6, 6.07) is 12.2. The van der Waals surface area contributed by atoms with E-state index in [1.165, 1.54) is 30.4 Å². The van der Waals surface area contributed by atoms with E-state index in [9.17, 15) is 10.5 Å². The first kappa shape index (κ1) is 21.6. The van der Waals surface area contributed by atoms with Crippen molar-refractivity contribution in [2.45, 2.75) is 51.2 Å². The summed E-state index contributed by atoms with van der Waals surface area (Å²) in [7, 11) is 0. The zero-order valence-electron chi connectivity index (χ0n) is 17.9. The largest absolute Gasteiger partial charge is 0.245 e. The summed E-state index contributed by atoms with van der Waals surface area (Å²) >= 11 is 3.41. The van der Waals surface area contributed by atoms with E-state index >= 15 is 0 Å². The Bertz CT molecular complexity index is 1210. The van der Waals surface area contributed by atoms with Crippen LogP contribution in [0.5, 0.6) is 0 Å². The Labute approximate surface area is 192 Å². The molecule has 0 bridgehead atoms. The van der Waals surface area contributed by atoms with Crippen molar-refractivity contribution < 1.29 is 0 Å². The minimum absolute atomic E-state index is 0.312. The van der Waals surface area contributed by atoms with E-state index < -0.39 is 0 Å². The Kier molecular flexibility index (Phi) is 6.76. The topological polar surface area (TPSA) is 60.5 Å². The molecule has 5 heteroatoms. The summed E-state index contributed by atoms with van der Waals surface area (Å²) in [6.07, 6.45) is 10.2. The minimum atomic E-state index is 0.312. The number of allylic oxidation sites excluding steroid dienone is 1. The number of aryl methyl sites for hydroxylation is 1. The molecule has 2 unspecified atom stereocenters. The van der Waals surface area contributed by atoms with Gasteiger partial charge in [-0.3, -0.25) is 0 Å². The molecule has 3 nitrogen and oxygen atoms in total. The van der Waals surface area contributed by atoms with Gasteiger partial charge in [0, 0.05) is 16.8 Å². The molecule has 1 aromatic carbocycles. The number of nitrogens with zero attached hydrogens (tertiary/aromatic N) is 3. The fourth-order valence-corrected chi connectivity index (χ4v) is 6.60. The van der Waals surface area contributed by atoms with Gasteiger partial charge in [-0.2, -0.15) is 10.5 Å². The highest BCUT2D eigenvalue weighted by atomic mass is 32.2. The summed E-state index contributed by atoms with van der Waals surface area (Å²) in [4.78, 5) is 6.64. The fourth-order valence-electron chi connectivity index (χ4n) is 4.24. The molecule has 3 aromatic rings.